The highest BCUT2D eigenvalue weighted by molar-refractivity contribution is 7.84. The van der Waals surface area contributed by atoms with Crippen LogP contribution in [0, 0.1) is 41.1 Å². The van der Waals surface area contributed by atoms with Crippen molar-refractivity contribution in [3.63, 3.8) is 0 Å². The van der Waals surface area contributed by atoms with Gasteiger partial charge in [0.05, 0.1) is 22.3 Å². The summed E-state index contributed by atoms with van der Waals surface area (Å²) >= 11 is 0. The normalized spacial score (nSPS) is 27.1. The number of hydrogen-bond donors (Lipinski definition) is 2. The molecule has 4 atom stereocenters. The molecule has 2 saturated carbocycles. The number of benzene rings is 1. The minimum atomic E-state index is -1.40. The maximum absolute atomic E-state index is 14.5. The predicted molar refractivity (Wildman–Crippen MR) is 125 cm³/mol. The molecule has 33 heavy (non-hydrogen) atoms. The van der Waals surface area contributed by atoms with Gasteiger partial charge in [0.25, 0.3) is 0 Å². The Morgan fingerprint density at radius 1 is 1.06 bits per heavy atom. The van der Waals surface area contributed by atoms with Crippen molar-refractivity contribution in [2.24, 2.45) is 23.7 Å². The van der Waals surface area contributed by atoms with Crippen LogP contribution in [0.4, 0.5) is 13.2 Å². The first-order valence-electron chi connectivity index (χ1n) is 11.9. The summed E-state index contributed by atoms with van der Waals surface area (Å²) in [5, 5.41) is 3.23. The van der Waals surface area contributed by atoms with E-state index in [-0.39, 0.29) is 53.5 Å². The van der Waals surface area contributed by atoms with Crippen molar-refractivity contribution >= 4 is 16.8 Å². The first-order chi connectivity index (χ1) is 15.4. The van der Waals surface area contributed by atoms with Crippen molar-refractivity contribution in [2.75, 3.05) is 6.54 Å². The Kier molecular flexibility index (Phi) is 8.44. The number of Topliss-reactive ketones (excluding diaryl/α,β-unsaturated/α-hetero) is 1. The van der Waals surface area contributed by atoms with E-state index in [2.05, 4.69) is 10.0 Å². The zero-order valence-electron chi connectivity index (χ0n) is 20.2. The molecule has 186 valence electrons. The molecular weight excluding hydrogens is 449 g/mol. The second-order valence-corrected chi connectivity index (χ2v) is 13.0. The van der Waals surface area contributed by atoms with Crippen LogP contribution in [0.5, 0.6) is 0 Å². The van der Waals surface area contributed by atoms with Gasteiger partial charge in [-0.2, -0.15) is 0 Å². The van der Waals surface area contributed by atoms with Crippen LogP contribution in [0.1, 0.15) is 65.9 Å². The summed E-state index contributed by atoms with van der Waals surface area (Å²) in [4.78, 5) is 12.9. The Morgan fingerprint density at radius 2 is 1.64 bits per heavy atom. The van der Waals surface area contributed by atoms with Crippen LogP contribution in [-0.4, -0.2) is 33.4 Å². The van der Waals surface area contributed by atoms with E-state index in [9.17, 15) is 22.2 Å². The number of fused-ring (bicyclic) bond motifs is 2. The Bertz CT molecular complexity index is 873. The lowest BCUT2D eigenvalue weighted by Gasteiger charge is -2.39. The SMILES string of the molecule is CC(C)NCC(=O)C1[C@@H]2CC[C@@H]1CC([C@H](Cc1cc(F)c(F)cc1F)NS(=O)C(C)(C)C)C2. The van der Waals surface area contributed by atoms with Crippen LogP contribution in [-0.2, 0) is 22.2 Å². The summed E-state index contributed by atoms with van der Waals surface area (Å²) in [5.74, 6) is -2.25. The highest BCUT2D eigenvalue weighted by Gasteiger charge is 2.47. The van der Waals surface area contributed by atoms with Gasteiger partial charge in [0.15, 0.2) is 11.6 Å². The first kappa shape index (κ1) is 26.4. The van der Waals surface area contributed by atoms with Crippen molar-refractivity contribution in [1.29, 1.82) is 0 Å². The molecule has 2 N–H and O–H groups in total. The number of hydrogen-bond acceptors (Lipinski definition) is 3. The number of rotatable bonds is 9. The fraction of sp³-hybridized carbons (Fsp3) is 0.720. The van der Waals surface area contributed by atoms with Crippen molar-refractivity contribution in [2.45, 2.75) is 83.6 Å². The van der Waals surface area contributed by atoms with Crippen LogP contribution < -0.4 is 10.0 Å². The van der Waals surface area contributed by atoms with Gasteiger partial charge in [0.2, 0.25) is 0 Å². The zero-order chi connectivity index (χ0) is 24.5. The van der Waals surface area contributed by atoms with Gasteiger partial charge < -0.3 is 5.32 Å². The van der Waals surface area contributed by atoms with Crippen molar-refractivity contribution in [3.8, 4) is 0 Å². The molecular formula is C25H37F3N2O2S. The van der Waals surface area contributed by atoms with Crippen LogP contribution in [0.3, 0.4) is 0 Å². The number of carbonyl (C=O) groups is 1. The van der Waals surface area contributed by atoms with E-state index < -0.39 is 33.2 Å². The lowest BCUT2D eigenvalue weighted by atomic mass is 9.69. The van der Waals surface area contributed by atoms with E-state index in [1.807, 2.05) is 34.6 Å². The van der Waals surface area contributed by atoms with E-state index in [4.69, 9.17) is 0 Å². The van der Waals surface area contributed by atoms with Gasteiger partial charge in [-0.25, -0.2) is 22.1 Å². The summed E-state index contributed by atoms with van der Waals surface area (Å²) in [5.41, 5.74) is 0.0731. The number of ketones is 1. The van der Waals surface area contributed by atoms with E-state index in [1.165, 1.54) is 0 Å². The topological polar surface area (TPSA) is 58.2 Å². The summed E-state index contributed by atoms with van der Waals surface area (Å²) in [6.45, 7) is 9.96. The van der Waals surface area contributed by atoms with Gasteiger partial charge in [-0.1, -0.05) is 13.8 Å². The van der Waals surface area contributed by atoms with Gasteiger partial charge in [-0.15, -0.1) is 0 Å². The quantitative estimate of drug-likeness (QED) is 0.498. The molecule has 2 aliphatic rings. The Hall–Kier alpha value is -1.25. The van der Waals surface area contributed by atoms with Crippen LogP contribution >= 0.6 is 0 Å². The molecule has 1 aromatic carbocycles. The molecule has 0 aromatic heterocycles. The lowest BCUT2D eigenvalue weighted by molar-refractivity contribution is -0.126. The number of carbonyl (C=O) groups excluding carboxylic acids is 1. The highest BCUT2D eigenvalue weighted by atomic mass is 32.2. The largest absolute Gasteiger partial charge is 0.308 e. The Morgan fingerprint density at radius 3 is 2.18 bits per heavy atom. The maximum atomic E-state index is 14.5. The average molecular weight is 487 g/mol. The molecule has 3 rings (SSSR count). The average Bonchev–Trinajstić information content (AvgIpc) is 2.98. The lowest BCUT2D eigenvalue weighted by Crippen LogP contribution is -2.48. The van der Waals surface area contributed by atoms with Crippen LogP contribution in [0.25, 0.3) is 0 Å². The molecule has 2 bridgehead atoms. The minimum Gasteiger partial charge on any atom is -0.308 e. The van der Waals surface area contributed by atoms with Crippen LogP contribution in [0.15, 0.2) is 12.1 Å². The van der Waals surface area contributed by atoms with E-state index in [0.29, 0.717) is 12.6 Å². The number of nitrogens with one attached hydrogen (secondary N) is 2. The molecule has 0 saturated heterocycles. The second-order valence-electron chi connectivity index (χ2n) is 11.0. The molecule has 0 amide bonds. The predicted octanol–water partition coefficient (Wildman–Crippen LogP) is 4.69. The van der Waals surface area contributed by atoms with Crippen molar-refractivity contribution in [3.05, 3.63) is 35.1 Å². The number of halogens is 3. The summed E-state index contributed by atoms with van der Waals surface area (Å²) in [6.07, 6.45) is 3.63. The molecule has 0 aliphatic heterocycles. The third-order valence-electron chi connectivity index (χ3n) is 7.10. The first-order valence-corrected chi connectivity index (χ1v) is 13.1. The van der Waals surface area contributed by atoms with Gasteiger partial charge in [0, 0.05) is 24.1 Å². The zero-order valence-corrected chi connectivity index (χ0v) is 21.0. The van der Waals surface area contributed by atoms with Crippen molar-refractivity contribution in [1.82, 2.24) is 10.0 Å². The van der Waals surface area contributed by atoms with E-state index >= 15 is 0 Å². The molecule has 0 radical (unpaired) electrons. The molecule has 2 fully saturated rings. The second kappa shape index (κ2) is 10.6. The minimum absolute atomic E-state index is 0.0289. The summed E-state index contributed by atoms with van der Waals surface area (Å²) in [6, 6.07) is 1.36. The standard InChI is InChI=1S/C25H37F3N2O2S/c1-14(2)29-13-23(31)24-15-6-7-16(24)9-18(8-15)22(30-33(32)25(3,4)5)11-17-10-20(27)21(28)12-19(17)26/h10,12,14-16,18,22,24,29-30H,6-9,11,13H2,1-5H3/t15-,16-,18?,22+,24?,33?/m1/s1. The van der Waals surface area contributed by atoms with Crippen molar-refractivity contribution < 1.29 is 22.2 Å². The van der Waals surface area contributed by atoms with Crippen LogP contribution in [0.2, 0.25) is 0 Å². The monoisotopic (exact) mass is 486 g/mol. The Labute approximate surface area is 198 Å². The molecule has 1 aromatic rings. The summed E-state index contributed by atoms with van der Waals surface area (Å²) < 4.78 is 57.3. The molecule has 4 nitrogen and oxygen atoms in total. The highest BCUT2D eigenvalue weighted by Crippen LogP contribution is 2.50. The van der Waals surface area contributed by atoms with E-state index in [1.54, 1.807) is 0 Å². The Balaban J connectivity index is 1.80. The third-order valence-corrected chi connectivity index (χ3v) is 8.73. The van der Waals surface area contributed by atoms with Gasteiger partial charge >= 0.3 is 0 Å². The van der Waals surface area contributed by atoms with E-state index in [0.717, 1.165) is 31.7 Å². The third kappa shape index (κ3) is 6.45. The molecule has 2 aliphatic carbocycles. The fourth-order valence-electron chi connectivity index (χ4n) is 5.43. The summed E-state index contributed by atoms with van der Waals surface area (Å²) in [7, 11) is -1.40. The molecule has 1 unspecified atom stereocenters. The molecule has 0 spiro atoms. The smallest absolute Gasteiger partial charge is 0.161 e. The van der Waals surface area contributed by atoms with Gasteiger partial charge in [0.1, 0.15) is 11.6 Å². The van der Waals surface area contributed by atoms with Gasteiger partial charge in [-0.05, 0) is 82.3 Å². The molecule has 8 heteroatoms. The fourth-order valence-corrected chi connectivity index (χ4v) is 6.33. The molecule has 0 heterocycles. The van der Waals surface area contributed by atoms with Gasteiger partial charge in [-0.3, -0.25) is 4.79 Å². The maximum Gasteiger partial charge on any atom is 0.161 e.